The largest absolute Gasteiger partial charge is 0.478 e. The molecule has 0 radical (unpaired) electrons. The van der Waals surface area contributed by atoms with Crippen LogP contribution in [0.5, 0.6) is 0 Å². The zero-order chi connectivity index (χ0) is 9.84. The molecule has 1 aromatic rings. The van der Waals surface area contributed by atoms with Gasteiger partial charge in [0.25, 0.3) is 0 Å². The maximum atomic E-state index is 10.7. The first-order valence-corrected chi connectivity index (χ1v) is 5.48. The standard InChI is InChI=1S/C9H9BrO2S/c1-2-7(9(11)12)3-6-4-8(10)13-5-6/h3-5H,2H2,1H3,(H,11,12)/b7-3+. The Labute approximate surface area is 89.0 Å². The number of carboxylic acid groups (broad SMARTS) is 1. The van der Waals surface area contributed by atoms with Gasteiger partial charge in [0, 0.05) is 5.57 Å². The molecule has 0 saturated carbocycles. The van der Waals surface area contributed by atoms with Gasteiger partial charge in [-0.3, -0.25) is 0 Å². The number of aliphatic carboxylic acids is 1. The Morgan fingerprint density at radius 2 is 2.46 bits per heavy atom. The lowest BCUT2D eigenvalue weighted by Crippen LogP contribution is -1.98. The van der Waals surface area contributed by atoms with Crippen LogP contribution >= 0.6 is 27.3 Å². The molecule has 0 saturated heterocycles. The number of thiophene rings is 1. The molecule has 0 bridgehead atoms. The molecule has 1 rings (SSSR count). The van der Waals surface area contributed by atoms with Crippen LogP contribution in [-0.4, -0.2) is 11.1 Å². The lowest BCUT2D eigenvalue weighted by atomic mass is 10.1. The molecule has 0 aromatic carbocycles. The summed E-state index contributed by atoms with van der Waals surface area (Å²) >= 11 is 4.87. The molecule has 0 aliphatic carbocycles. The Morgan fingerprint density at radius 1 is 1.77 bits per heavy atom. The van der Waals surface area contributed by atoms with Crippen molar-refractivity contribution in [2.24, 2.45) is 0 Å². The van der Waals surface area contributed by atoms with Gasteiger partial charge in [-0.15, -0.1) is 11.3 Å². The molecule has 1 heterocycles. The number of carbonyl (C=O) groups is 1. The van der Waals surface area contributed by atoms with Gasteiger partial charge >= 0.3 is 5.97 Å². The van der Waals surface area contributed by atoms with Gasteiger partial charge in [0.15, 0.2) is 0 Å². The van der Waals surface area contributed by atoms with Crippen LogP contribution in [0.2, 0.25) is 0 Å². The SMILES string of the molecule is CC/C(=C\c1csc(Br)c1)C(=O)O. The van der Waals surface area contributed by atoms with Gasteiger partial charge in [0.2, 0.25) is 0 Å². The molecule has 0 spiro atoms. The van der Waals surface area contributed by atoms with Gasteiger partial charge in [0.05, 0.1) is 3.79 Å². The number of rotatable bonds is 3. The zero-order valence-electron chi connectivity index (χ0n) is 7.08. The quantitative estimate of drug-likeness (QED) is 0.847. The molecular formula is C9H9BrO2S. The predicted octanol–water partition coefficient (Wildman–Crippen LogP) is 3.39. The molecule has 0 aliphatic rings. The fourth-order valence-corrected chi connectivity index (χ4v) is 2.05. The zero-order valence-corrected chi connectivity index (χ0v) is 9.48. The lowest BCUT2D eigenvalue weighted by Gasteiger charge is -1.94. The Kier molecular flexibility index (Phi) is 3.69. The summed E-state index contributed by atoms with van der Waals surface area (Å²) in [6.45, 7) is 1.83. The molecule has 70 valence electrons. The number of carboxylic acids is 1. The van der Waals surface area contributed by atoms with Crippen molar-refractivity contribution in [1.82, 2.24) is 0 Å². The van der Waals surface area contributed by atoms with Crippen molar-refractivity contribution >= 4 is 39.3 Å². The molecule has 0 aliphatic heterocycles. The Morgan fingerprint density at radius 3 is 2.85 bits per heavy atom. The molecule has 4 heteroatoms. The van der Waals surface area contributed by atoms with Crippen molar-refractivity contribution < 1.29 is 9.90 Å². The van der Waals surface area contributed by atoms with E-state index in [1.165, 1.54) is 0 Å². The summed E-state index contributed by atoms with van der Waals surface area (Å²) in [6, 6.07) is 1.91. The summed E-state index contributed by atoms with van der Waals surface area (Å²) in [7, 11) is 0. The van der Waals surface area contributed by atoms with Crippen LogP contribution < -0.4 is 0 Å². The van der Waals surface area contributed by atoms with Crippen molar-refractivity contribution in [1.29, 1.82) is 0 Å². The second kappa shape index (κ2) is 4.58. The Bertz CT molecular complexity index is 341. The fourth-order valence-electron chi connectivity index (χ4n) is 0.915. The summed E-state index contributed by atoms with van der Waals surface area (Å²) in [5, 5.41) is 10.7. The molecule has 2 nitrogen and oxygen atoms in total. The highest BCUT2D eigenvalue weighted by atomic mass is 79.9. The van der Waals surface area contributed by atoms with Gasteiger partial charge in [0.1, 0.15) is 0 Å². The Balaban J connectivity index is 2.91. The van der Waals surface area contributed by atoms with E-state index in [1.54, 1.807) is 17.4 Å². The maximum Gasteiger partial charge on any atom is 0.331 e. The van der Waals surface area contributed by atoms with Crippen LogP contribution in [0.4, 0.5) is 0 Å². The predicted molar refractivity (Wildman–Crippen MR) is 57.9 cm³/mol. The van der Waals surface area contributed by atoms with Gasteiger partial charge in [-0.25, -0.2) is 4.79 Å². The maximum absolute atomic E-state index is 10.7. The van der Waals surface area contributed by atoms with E-state index in [0.29, 0.717) is 12.0 Å². The summed E-state index contributed by atoms with van der Waals surface area (Å²) in [4.78, 5) is 10.7. The molecule has 0 unspecified atom stereocenters. The average molecular weight is 261 g/mol. The van der Waals surface area contributed by atoms with Gasteiger partial charge < -0.3 is 5.11 Å². The highest BCUT2D eigenvalue weighted by Gasteiger charge is 2.04. The number of hydrogen-bond donors (Lipinski definition) is 1. The third-order valence-corrected chi connectivity index (χ3v) is 3.11. The topological polar surface area (TPSA) is 37.3 Å². The second-order valence-corrected chi connectivity index (χ2v) is 4.80. The third-order valence-electron chi connectivity index (χ3n) is 1.58. The van der Waals surface area contributed by atoms with E-state index in [9.17, 15) is 4.79 Å². The molecular weight excluding hydrogens is 252 g/mol. The first-order valence-electron chi connectivity index (χ1n) is 3.81. The highest BCUT2D eigenvalue weighted by molar-refractivity contribution is 9.11. The van der Waals surface area contributed by atoms with Crippen molar-refractivity contribution in [2.45, 2.75) is 13.3 Å². The van der Waals surface area contributed by atoms with Crippen LogP contribution in [0.3, 0.4) is 0 Å². The van der Waals surface area contributed by atoms with Crippen LogP contribution in [-0.2, 0) is 4.79 Å². The van der Waals surface area contributed by atoms with Crippen LogP contribution in [0.1, 0.15) is 18.9 Å². The number of hydrogen-bond acceptors (Lipinski definition) is 2. The van der Waals surface area contributed by atoms with Crippen LogP contribution in [0.15, 0.2) is 20.8 Å². The van der Waals surface area contributed by atoms with Crippen molar-refractivity contribution in [3.05, 3.63) is 26.4 Å². The molecule has 0 amide bonds. The fraction of sp³-hybridized carbons (Fsp3) is 0.222. The number of halogens is 1. The van der Waals surface area contributed by atoms with E-state index in [1.807, 2.05) is 18.4 Å². The first-order chi connectivity index (χ1) is 6.13. The van der Waals surface area contributed by atoms with Crippen LogP contribution in [0, 0.1) is 0 Å². The van der Waals surface area contributed by atoms with Gasteiger partial charge in [-0.05, 0) is 45.4 Å². The molecule has 1 aromatic heterocycles. The van der Waals surface area contributed by atoms with E-state index in [-0.39, 0.29) is 0 Å². The molecule has 0 fully saturated rings. The summed E-state index contributed by atoms with van der Waals surface area (Å²) in [5.74, 6) is -0.843. The van der Waals surface area contributed by atoms with E-state index < -0.39 is 5.97 Å². The van der Waals surface area contributed by atoms with Crippen molar-refractivity contribution in [2.75, 3.05) is 0 Å². The monoisotopic (exact) mass is 260 g/mol. The Hall–Kier alpha value is -0.610. The minimum absolute atomic E-state index is 0.435. The smallest absolute Gasteiger partial charge is 0.331 e. The van der Waals surface area contributed by atoms with E-state index >= 15 is 0 Å². The van der Waals surface area contributed by atoms with E-state index in [4.69, 9.17) is 5.11 Å². The van der Waals surface area contributed by atoms with Crippen LogP contribution in [0.25, 0.3) is 6.08 Å². The molecule has 0 atom stereocenters. The van der Waals surface area contributed by atoms with Crippen molar-refractivity contribution in [3.63, 3.8) is 0 Å². The normalized spacial score (nSPS) is 11.7. The second-order valence-electron chi connectivity index (χ2n) is 2.51. The third kappa shape index (κ3) is 2.97. The molecule has 1 N–H and O–H groups in total. The lowest BCUT2D eigenvalue weighted by molar-refractivity contribution is -0.132. The molecule has 13 heavy (non-hydrogen) atoms. The minimum atomic E-state index is -0.843. The highest BCUT2D eigenvalue weighted by Crippen LogP contribution is 2.22. The summed E-state index contributed by atoms with van der Waals surface area (Å²) in [5.41, 5.74) is 1.38. The van der Waals surface area contributed by atoms with Crippen molar-refractivity contribution in [3.8, 4) is 0 Å². The van der Waals surface area contributed by atoms with Gasteiger partial charge in [-0.1, -0.05) is 6.92 Å². The average Bonchev–Trinajstić information content (AvgIpc) is 2.46. The van der Waals surface area contributed by atoms with E-state index in [0.717, 1.165) is 9.35 Å². The van der Waals surface area contributed by atoms with E-state index in [2.05, 4.69) is 15.9 Å². The minimum Gasteiger partial charge on any atom is -0.478 e. The van der Waals surface area contributed by atoms with Gasteiger partial charge in [-0.2, -0.15) is 0 Å². The first kappa shape index (κ1) is 10.5. The summed E-state index contributed by atoms with van der Waals surface area (Å²) in [6.07, 6.45) is 2.24. The summed E-state index contributed by atoms with van der Waals surface area (Å²) < 4.78 is 1.01.